The standard InChI is InChI=1S/C31H47N7O10/c1-6-14(2)23-29(46)35-21(13-18-7-9-19(41)10-8-18)28(45)38-24(16(4)39)30(47)34-20(11-12-22(32)42)27(44)33-15(3)26(43)37-25(17(5)40)31(48)36-23/h7-10,14-17,20-21,23-25,39-41H,6,11-13H2,1-5H3,(H2,32,42)(H,33,44)(H,34,47)(H,35,46)(H,36,48)(H,37,43)(H,38,45)/t14-,15-,16+,17-,20-,21+,23-,24-,25+/m1/s1. The fourth-order valence-electron chi connectivity index (χ4n) is 4.82. The summed E-state index contributed by atoms with van der Waals surface area (Å²) in [5.74, 6) is -6.80. The fourth-order valence-corrected chi connectivity index (χ4v) is 4.82. The summed E-state index contributed by atoms with van der Waals surface area (Å²) in [4.78, 5) is 92.0. The van der Waals surface area contributed by atoms with E-state index in [1.165, 1.54) is 45.0 Å². The first-order valence-electron chi connectivity index (χ1n) is 15.7. The molecule has 0 saturated carbocycles. The molecule has 0 aromatic heterocycles. The van der Waals surface area contributed by atoms with Gasteiger partial charge in [0.1, 0.15) is 42.0 Å². The lowest BCUT2D eigenvalue weighted by atomic mass is 9.96. The van der Waals surface area contributed by atoms with Crippen LogP contribution in [0.25, 0.3) is 0 Å². The number of amides is 7. The summed E-state index contributed by atoms with van der Waals surface area (Å²) in [6.07, 6.45) is -3.39. The monoisotopic (exact) mass is 677 g/mol. The molecular weight excluding hydrogens is 630 g/mol. The highest BCUT2D eigenvalue weighted by atomic mass is 16.3. The van der Waals surface area contributed by atoms with Crippen LogP contribution in [0.5, 0.6) is 5.75 Å². The van der Waals surface area contributed by atoms with E-state index in [0.717, 1.165) is 0 Å². The zero-order chi connectivity index (χ0) is 36.3. The summed E-state index contributed by atoms with van der Waals surface area (Å²) < 4.78 is 0. The van der Waals surface area contributed by atoms with E-state index in [9.17, 15) is 48.9 Å². The summed E-state index contributed by atoms with van der Waals surface area (Å²) in [7, 11) is 0. The molecule has 0 radical (unpaired) electrons. The molecule has 2 rings (SSSR count). The van der Waals surface area contributed by atoms with Crippen LogP contribution in [0.4, 0.5) is 0 Å². The largest absolute Gasteiger partial charge is 0.508 e. The van der Waals surface area contributed by atoms with E-state index in [1.807, 2.05) is 0 Å². The number of primary amides is 1. The average Bonchev–Trinajstić information content (AvgIpc) is 3.01. The Balaban J connectivity index is 2.63. The van der Waals surface area contributed by atoms with E-state index < -0.39 is 95.7 Å². The Hall–Kier alpha value is -4.77. The molecule has 1 aromatic rings. The first kappa shape index (κ1) is 39.4. The van der Waals surface area contributed by atoms with Crippen LogP contribution in [0.3, 0.4) is 0 Å². The van der Waals surface area contributed by atoms with Gasteiger partial charge in [0.25, 0.3) is 0 Å². The van der Waals surface area contributed by atoms with E-state index in [4.69, 9.17) is 5.73 Å². The first-order valence-corrected chi connectivity index (χ1v) is 15.7. The van der Waals surface area contributed by atoms with Crippen LogP contribution in [0.1, 0.15) is 59.4 Å². The number of hydrogen-bond donors (Lipinski definition) is 10. The predicted molar refractivity (Wildman–Crippen MR) is 170 cm³/mol. The molecule has 11 N–H and O–H groups in total. The van der Waals surface area contributed by atoms with Crippen LogP contribution in [-0.4, -0.2) is 105 Å². The molecule has 7 amide bonds. The van der Waals surface area contributed by atoms with Gasteiger partial charge in [0.2, 0.25) is 41.4 Å². The molecular formula is C31H47N7O10. The van der Waals surface area contributed by atoms with Gasteiger partial charge in [0, 0.05) is 12.8 Å². The Morgan fingerprint density at radius 3 is 1.69 bits per heavy atom. The number of aliphatic hydroxyl groups is 2. The number of phenols is 1. The third-order valence-corrected chi connectivity index (χ3v) is 7.99. The molecule has 1 aliphatic heterocycles. The maximum absolute atomic E-state index is 13.7. The summed E-state index contributed by atoms with van der Waals surface area (Å²) in [6.45, 7) is 7.16. The van der Waals surface area contributed by atoms with Gasteiger partial charge in [0.05, 0.1) is 12.2 Å². The summed E-state index contributed by atoms with van der Waals surface area (Å²) >= 11 is 0. The van der Waals surface area contributed by atoms with Crippen LogP contribution in [-0.2, 0) is 40.0 Å². The maximum atomic E-state index is 13.7. The fraction of sp³-hybridized carbons (Fsp3) is 0.581. The second-order valence-electron chi connectivity index (χ2n) is 12.1. The van der Waals surface area contributed by atoms with Crippen LogP contribution in [0.15, 0.2) is 24.3 Å². The molecule has 0 bridgehead atoms. The minimum absolute atomic E-state index is 0.0496. The lowest BCUT2D eigenvalue weighted by Crippen LogP contribution is -2.64. The van der Waals surface area contributed by atoms with Gasteiger partial charge in [0.15, 0.2) is 0 Å². The second-order valence-corrected chi connectivity index (χ2v) is 12.1. The van der Waals surface area contributed by atoms with Gasteiger partial charge in [-0.1, -0.05) is 32.4 Å². The average molecular weight is 678 g/mol. The van der Waals surface area contributed by atoms with Crippen LogP contribution >= 0.6 is 0 Å². The number of rotatable bonds is 9. The van der Waals surface area contributed by atoms with Crippen molar-refractivity contribution in [3.05, 3.63) is 29.8 Å². The van der Waals surface area contributed by atoms with Crippen molar-refractivity contribution in [3.8, 4) is 5.75 Å². The second kappa shape index (κ2) is 18.0. The summed E-state index contributed by atoms with van der Waals surface area (Å²) in [6, 6.07) is -2.90. The molecule has 1 fully saturated rings. The molecule has 1 saturated heterocycles. The molecule has 48 heavy (non-hydrogen) atoms. The van der Waals surface area contributed by atoms with Crippen LogP contribution < -0.4 is 37.6 Å². The van der Waals surface area contributed by atoms with Crippen molar-refractivity contribution in [1.29, 1.82) is 0 Å². The first-order chi connectivity index (χ1) is 22.4. The minimum atomic E-state index is -1.66. The number of nitrogens with one attached hydrogen (secondary N) is 6. The number of benzene rings is 1. The van der Waals surface area contributed by atoms with Gasteiger partial charge in [-0.2, -0.15) is 0 Å². The molecule has 1 heterocycles. The zero-order valence-corrected chi connectivity index (χ0v) is 27.6. The van der Waals surface area contributed by atoms with Gasteiger partial charge >= 0.3 is 0 Å². The molecule has 0 aliphatic carbocycles. The molecule has 0 unspecified atom stereocenters. The Labute approximate surface area is 278 Å². The van der Waals surface area contributed by atoms with Crippen molar-refractivity contribution >= 4 is 41.4 Å². The number of aliphatic hydroxyl groups excluding tert-OH is 2. The molecule has 17 nitrogen and oxygen atoms in total. The molecule has 1 aromatic carbocycles. The number of hydrogen-bond acceptors (Lipinski definition) is 10. The van der Waals surface area contributed by atoms with Crippen LogP contribution in [0, 0.1) is 5.92 Å². The Bertz CT molecular complexity index is 1340. The SMILES string of the molecule is CC[C@@H](C)[C@H]1NC(=O)[C@H]([C@@H](C)O)NC(=O)[C@@H](C)NC(=O)[C@@H](CCC(N)=O)NC(=O)[C@@H]([C@H](C)O)NC(=O)[C@H](Cc2ccc(O)cc2)NC1=O. The van der Waals surface area contributed by atoms with Gasteiger partial charge in [-0.05, 0) is 50.8 Å². The van der Waals surface area contributed by atoms with Crippen molar-refractivity contribution in [2.45, 2.75) is 109 Å². The Morgan fingerprint density at radius 2 is 1.17 bits per heavy atom. The smallest absolute Gasteiger partial charge is 0.245 e. The lowest BCUT2D eigenvalue weighted by Gasteiger charge is -2.31. The third kappa shape index (κ3) is 11.5. The number of carbonyl (C=O) groups excluding carboxylic acids is 7. The number of aromatic hydroxyl groups is 1. The molecule has 17 heteroatoms. The zero-order valence-electron chi connectivity index (χ0n) is 27.6. The van der Waals surface area contributed by atoms with E-state index in [0.29, 0.717) is 12.0 Å². The van der Waals surface area contributed by atoms with Crippen molar-refractivity contribution in [3.63, 3.8) is 0 Å². The predicted octanol–water partition coefficient (Wildman–Crippen LogP) is -3.05. The van der Waals surface area contributed by atoms with E-state index in [-0.39, 0.29) is 25.0 Å². The van der Waals surface area contributed by atoms with Gasteiger partial charge in [-0.3, -0.25) is 33.6 Å². The normalized spacial score (nSPS) is 27.0. The highest BCUT2D eigenvalue weighted by Gasteiger charge is 2.37. The van der Waals surface area contributed by atoms with Gasteiger partial charge in [-0.25, -0.2) is 0 Å². The quantitative estimate of drug-likeness (QED) is 0.126. The molecule has 266 valence electrons. The van der Waals surface area contributed by atoms with Crippen molar-refractivity contribution in [2.75, 3.05) is 0 Å². The van der Waals surface area contributed by atoms with Crippen LogP contribution in [0.2, 0.25) is 0 Å². The lowest BCUT2D eigenvalue weighted by molar-refractivity contribution is -0.139. The highest BCUT2D eigenvalue weighted by molar-refractivity contribution is 5.98. The van der Waals surface area contributed by atoms with Crippen molar-refractivity contribution in [2.24, 2.45) is 11.7 Å². The minimum Gasteiger partial charge on any atom is -0.508 e. The number of nitrogens with two attached hydrogens (primary N) is 1. The van der Waals surface area contributed by atoms with Crippen molar-refractivity contribution in [1.82, 2.24) is 31.9 Å². The molecule has 1 aliphatic rings. The highest BCUT2D eigenvalue weighted by Crippen LogP contribution is 2.14. The number of phenolic OH excluding ortho intramolecular Hbond substituents is 1. The summed E-state index contributed by atoms with van der Waals surface area (Å²) in [5, 5.41) is 45.2. The van der Waals surface area contributed by atoms with Gasteiger partial charge < -0.3 is 53.0 Å². The van der Waals surface area contributed by atoms with Gasteiger partial charge in [-0.15, -0.1) is 0 Å². The molecule has 0 spiro atoms. The van der Waals surface area contributed by atoms with E-state index in [2.05, 4.69) is 31.9 Å². The van der Waals surface area contributed by atoms with Crippen molar-refractivity contribution < 1.29 is 48.9 Å². The third-order valence-electron chi connectivity index (χ3n) is 7.99. The Kier molecular flexibility index (Phi) is 14.7. The topological polar surface area (TPSA) is 278 Å². The summed E-state index contributed by atoms with van der Waals surface area (Å²) in [5.41, 5.74) is 5.73. The maximum Gasteiger partial charge on any atom is 0.245 e. The number of carbonyl (C=O) groups is 7. The Morgan fingerprint density at radius 1 is 0.708 bits per heavy atom. The molecule has 9 atom stereocenters. The van der Waals surface area contributed by atoms with E-state index in [1.54, 1.807) is 13.8 Å². The van der Waals surface area contributed by atoms with E-state index >= 15 is 0 Å².